The monoisotopic (exact) mass is 574 g/mol. The molecule has 1 aromatic heterocycles. The molecular weight excluding hydrogens is 539 g/mol. The molecule has 0 aliphatic carbocycles. The van der Waals surface area contributed by atoms with E-state index in [0.717, 1.165) is 56.1 Å². The first kappa shape index (κ1) is 26.6. The van der Waals surface area contributed by atoms with Crippen LogP contribution in [0.15, 0.2) is 40.2 Å². The molecule has 2 N–H and O–H groups in total. The van der Waals surface area contributed by atoms with Gasteiger partial charge >= 0.3 is 0 Å². The van der Waals surface area contributed by atoms with E-state index in [1.807, 2.05) is 30.7 Å². The third kappa shape index (κ3) is 7.17. The molecule has 178 valence electrons. The first-order valence-corrected chi connectivity index (χ1v) is 12.5. The summed E-state index contributed by atoms with van der Waals surface area (Å²) in [6.07, 6.45) is 2.82. The quantitative estimate of drug-likeness (QED) is 0.208. The third-order valence-corrected chi connectivity index (χ3v) is 7.25. The Hall–Kier alpha value is -1.66. The number of aliphatic imine (C=N–C) groups is 1. The Labute approximate surface area is 208 Å². The molecule has 0 amide bonds. The van der Waals surface area contributed by atoms with Gasteiger partial charge in [0.25, 0.3) is 0 Å². The van der Waals surface area contributed by atoms with E-state index in [4.69, 9.17) is 0 Å². The topological polar surface area (TPSA) is 91.6 Å². The summed E-state index contributed by atoms with van der Waals surface area (Å²) in [6, 6.07) is 9.15. The molecule has 1 saturated heterocycles. The van der Waals surface area contributed by atoms with Crippen molar-refractivity contribution in [2.75, 3.05) is 26.2 Å². The predicted octanol–water partition coefficient (Wildman–Crippen LogP) is 3.05. The molecule has 0 atom stereocenters. The smallest absolute Gasteiger partial charge is 0.243 e. The molecule has 0 radical (unpaired) electrons. The molecule has 2 aromatic rings. The lowest BCUT2D eigenvalue weighted by Gasteiger charge is -2.15. The molecule has 1 aromatic carbocycles. The predicted molar refractivity (Wildman–Crippen MR) is 139 cm³/mol. The maximum Gasteiger partial charge on any atom is 0.243 e. The summed E-state index contributed by atoms with van der Waals surface area (Å²) in [7, 11) is -3.37. The van der Waals surface area contributed by atoms with Crippen molar-refractivity contribution in [2.45, 2.75) is 58.0 Å². The van der Waals surface area contributed by atoms with Gasteiger partial charge in [0.15, 0.2) is 5.96 Å². The van der Waals surface area contributed by atoms with E-state index >= 15 is 0 Å². The van der Waals surface area contributed by atoms with E-state index in [1.165, 1.54) is 5.69 Å². The Morgan fingerprint density at radius 3 is 2.41 bits per heavy atom. The molecule has 1 aliphatic heterocycles. The molecule has 3 rings (SSSR count). The summed E-state index contributed by atoms with van der Waals surface area (Å²) >= 11 is 0. The van der Waals surface area contributed by atoms with Crippen molar-refractivity contribution in [1.29, 1.82) is 0 Å². The summed E-state index contributed by atoms with van der Waals surface area (Å²) in [4.78, 5) is 4.99. The van der Waals surface area contributed by atoms with Crippen molar-refractivity contribution in [3.8, 4) is 0 Å². The molecule has 10 heteroatoms. The van der Waals surface area contributed by atoms with Gasteiger partial charge in [0.05, 0.1) is 17.1 Å². The van der Waals surface area contributed by atoms with Crippen LogP contribution in [0.3, 0.4) is 0 Å². The van der Waals surface area contributed by atoms with Crippen LogP contribution in [0.25, 0.3) is 0 Å². The van der Waals surface area contributed by atoms with Crippen LogP contribution in [0, 0.1) is 13.8 Å². The van der Waals surface area contributed by atoms with Crippen LogP contribution in [-0.2, 0) is 23.1 Å². The van der Waals surface area contributed by atoms with Crippen molar-refractivity contribution in [1.82, 2.24) is 24.7 Å². The van der Waals surface area contributed by atoms with E-state index in [2.05, 4.69) is 33.7 Å². The highest BCUT2D eigenvalue weighted by Crippen LogP contribution is 2.21. The van der Waals surface area contributed by atoms with Gasteiger partial charge in [-0.15, -0.1) is 24.0 Å². The molecule has 0 bridgehead atoms. The minimum atomic E-state index is -3.37. The van der Waals surface area contributed by atoms with Crippen LogP contribution in [0.5, 0.6) is 0 Å². The highest BCUT2D eigenvalue weighted by atomic mass is 127. The van der Waals surface area contributed by atoms with E-state index < -0.39 is 10.0 Å². The molecule has 0 unspecified atom stereocenters. The van der Waals surface area contributed by atoms with Crippen molar-refractivity contribution in [3.63, 3.8) is 0 Å². The Morgan fingerprint density at radius 1 is 1.12 bits per heavy atom. The van der Waals surface area contributed by atoms with Gasteiger partial charge in [-0.25, -0.2) is 13.4 Å². The number of hydrogen-bond donors (Lipinski definition) is 2. The molecule has 0 saturated carbocycles. The van der Waals surface area contributed by atoms with Gasteiger partial charge in [0, 0.05) is 38.4 Å². The summed E-state index contributed by atoms with van der Waals surface area (Å²) in [6.45, 7) is 10.2. The minimum Gasteiger partial charge on any atom is -0.357 e. The van der Waals surface area contributed by atoms with Crippen LogP contribution in [0.4, 0.5) is 0 Å². The fraction of sp³-hybridized carbons (Fsp3) is 0.545. The summed E-state index contributed by atoms with van der Waals surface area (Å²) < 4.78 is 28.9. The fourth-order valence-corrected chi connectivity index (χ4v) is 5.21. The molecule has 1 aliphatic rings. The number of aromatic nitrogens is 2. The second-order valence-corrected chi connectivity index (χ2v) is 9.82. The Bertz CT molecular complexity index is 982. The average molecular weight is 575 g/mol. The molecular formula is C22H35IN6O2S. The zero-order chi connectivity index (χ0) is 22.3. The van der Waals surface area contributed by atoms with E-state index in [9.17, 15) is 8.42 Å². The van der Waals surface area contributed by atoms with Gasteiger partial charge in [0.2, 0.25) is 10.0 Å². The fourth-order valence-electron chi connectivity index (χ4n) is 3.69. The molecule has 1 fully saturated rings. The maximum atomic E-state index is 12.6. The second kappa shape index (κ2) is 12.5. The standard InChI is InChI=1S/C22H34N6O2S.HI/c1-4-23-22(24-12-7-15-28-19(3)16-18(2)26-28)25-17-20-8-10-21(11-9-20)31(29,30)27-13-5-6-14-27;/h8-11,16H,4-7,12-15,17H2,1-3H3,(H2,23,24,25);1H. The number of benzene rings is 1. The summed E-state index contributed by atoms with van der Waals surface area (Å²) in [5.74, 6) is 0.754. The lowest BCUT2D eigenvalue weighted by molar-refractivity contribution is 0.477. The highest BCUT2D eigenvalue weighted by Gasteiger charge is 2.26. The highest BCUT2D eigenvalue weighted by molar-refractivity contribution is 14.0. The van der Waals surface area contributed by atoms with Crippen LogP contribution in [-0.4, -0.2) is 54.6 Å². The minimum absolute atomic E-state index is 0. The molecule has 2 heterocycles. The van der Waals surface area contributed by atoms with Crippen LogP contribution in [0.2, 0.25) is 0 Å². The van der Waals surface area contributed by atoms with Gasteiger partial charge in [0.1, 0.15) is 0 Å². The average Bonchev–Trinajstić information content (AvgIpc) is 3.40. The summed E-state index contributed by atoms with van der Waals surface area (Å²) in [5, 5.41) is 11.1. The first-order valence-electron chi connectivity index (χ1n) is 11.0. The van der Waals surface area contributed by atoms with E-state index in [-0.39, 0.29) is 24.0 Å². The van der Waals surface area contributed by atoms with Gasteiger partial charge < -0.3 is 10.6 Å². The molecule has 8 nitrogen and oxygen atoms in total. The molecule has 0 spiro atoms. The van der Waals surface area contributed by atoms with Gasteiger partial charge in [-0.3, -0.25) is 4.68 Å². The SMILES string of the molecule is CCNC(=NCc1ccc(S(=O)(=O)N2CCCC2)cc1)NCCCn1nc(C)cc1C.I. The Kier molecular flexibility index (Phi) is 10.4. The van der Waals surface area contributed by atoms with Crippen molar-refractivity contribution in [3.05, 3.63) is 47.3 Å². The van der Waals surface area contributed by atoms with E-state index in [0.29, 0.717) is 24.5 Å². The number of nitrogens with one attached hydrogen (secondary N) is 2. The third-order valence-electron chi connectivity index (χ3n) is 5.33. The second-order valence-electron chi connectivity index (χ2n) is 7.88. The van der Waals surface area contributed by atoms with E-state index in [1.54, 1.807) is 16.4 Å². The Morgan fingerprint density at radius 2 is 1.81 bits per heavy atom. The molecule has 32 heavy (non-hydrogen) atoms. The number of hydrogen-bond acceptors (Lipinski definition) is 4. The van der Waals surface area contributed by atoms with Crippen molar-refractivity contribution in [2.24, 2.45) is 4.99 Å². The van der Waals surface area contributed by atoms with Crippen molar-refractivity contribution >= 4 is 40.0 Å². The van der Waals surface area contributed by atoms with Crippen LogP contribution in [0.1, 0.15) is 43.1 Å². The normalized spacial score (nSPS) is 14.9. The number of guanidine groups is 1. The number of aryl methyl sites for hydroxylation is 3. The van der Waals surface area contributed by atoms with Crippen LogP contribution < -0.4 is 10.6 Å². The first-order chi connectivity index (χ1) is 14.9. The number of sulfonamides is 1. The number of rotatable bonds is 9. The lowest BCUT2D eigenvalue weighted by atomic mass is 10.2. The largest absolute Gasteiger partial charge is 0.357 e. The lowest BCUT2D eigenvalue weighted by Crippen LogP contribution is -2.38. The van der Waals surface area contributed by atoms with Crippen LogP contribution >= 0.6 is 24.0 Å². The van der Waals surface area contributed by atoms with Gasteiger partial charge in [-0.05, 0) is 63.8 Å². The zero-order valence-corrected chi connectivity index (χ0v) is 22.3. The van der Waals surface area contributed by atoms with Gasteiger partial charge in [-0.2, -0.15) is 9.40 Å². The summed E-state index contributed by atoms with van der Waals surface area (Å²) in [5.41, 5.74) is 3.19. The number of halogens is 1. The number of nitrogens with zero attached hydrogens (tertiary/aromatic N) is 4. The maximum absolute atomic E-state index is 12.6. The van der Waals surface area contributed by atoms with Gasteiger partial charge in [-0.1, -0.05) is 12.1 Å². The van der Waals surface area contributed by atoms with Crippen molar-refractivity contribution < 1.29 is 8.42 Å². The zero-order valence-electron chi connectivity index (χ0n) is 19.2. The Balaban J connectivity index is 0.00000363.